The van der Waals surface area contributed by atoms with E-state index in [2.05, 4.69) is 9.97 Å². The number of ether oxygens (including phenoxy) is 1. The Hall–Kier alpha value is -1.84. The highest BCUT2D eigenvalue weighted by molar-refractivity contribution is 5.82. The van der Waals surface area contributed by atoms with Crippen LogP contribution in [0.4, 0.5) is 0 Å². The molecule has 1 aromatic heterocycles. The Morgan fingerprint density at radius 2 is 2.21 bits per heavy atom. The van der Waals surface area contributed by atoms with Crippen LogP contribution >= 0.6 is 0 Å². The zero-order valence-electron chi connectivity index (χ0n) is 8.00. The summed E-state index contributed by atoms with van der Waals surface area (Å²) in [5, 5.41) is 0.560. The molecule has 0 unspecified atom stereocenters. The van der Waals surface area contributed by atoms with Crippen molar-refractivity contribution < 1.29 is 4.74 Å². The van der Waals surface area contributed by atoms with Crippen LogP contribution in [0.5, 0.6) is 5.75 Å². The summed E-state index contributed by atoms with van der Waals surface area (Å²) in [5.74, 6) is 0.675. The van der Waals surface area contributed by atoms with E-state index in [4.69, 9.17) is 4.74 Å². The largest absolute Gasteiger partial charge is 0.497 e. The van der Waals surface area contributed by atoms with E-state index in [1.807, 2.05) is 13.0 Å². The standard InChI is InChI=1S/C10H10N2O2/c1-6-3-7(14-2)4-8-9(6)11-5-12-10(8)13/h3-5H,1-2H3,(H,11,12,13). The molecule has 0 atom stereocenters. The van der Waals surface area contributed by atoms with Crippen molar-refractivity contribution >= 4 is 10.9 Å². The molecule has 2 aromatic rings. The number of aromatic amines is 1. The SMILES string of the molecule is COc1cc(C)c2nc[nH]c(=O)c2c1. The smallest absolute Gasteiger partial charge is 0.258 e. The molecule has 4 heteroatoms. The van der Waals surface area contributed by atoms with E-state index < -0.39 is 0 Å². The van der Waals surface area contributed by atoms with Crippen LogP contribution in [0.25, 0.3) is 10.9 Å². The van der Waals surface area contributed by atoms with Crippen molar-refractivity contribution in [2.24, 2.45) is 0 Å². The van der Waals surface area contributed by atoms with Gasteiger partial charge in [0.25, 0.3) is 5.56 Å². The molecule has 0 aliphatic carbocycles. The number of benzene rings is 1. The number of hydrogen-bond donors (Lipinski definition) is 1. The fraction of sp³-hybridized carbons (Fsp3) is 0.200. The molecule has 2 rings (SSSR count). The second-order valence-corrected chi connectivity index (χ2v) is 3.07. The second-order valence-electron chi connectivity index (χ2n) is 3.07. The first kappa shape index (κ1) is 8.74. The van der Waals surface area contributed by atoms with E-state index in [9.17, 15) is 4.79 Å². The zero-order chi connectivity index (χ0) is 10.1. The Kier molecular flexibility index (Phi) is 1.96. The van der Waals surface area contributed by atoms with E-state index in [0.29, 0.717) is 11.1 Å². The molecule has 4 nitrogen and oxygen atoms in total. The number of hydrogen-bond acceptors (Lipinski definition) is 3. The highest BCUT2D eigenvalue weighted by Crippen LogP contribution is 2.19. The summed E-state index contributed by atoms with van der Waals surface area (Å²) in [5.41, 5.74) is 1.51. The maximum absolute atomic E-state index is 11.4. The third-order valence-electron chi connectivity index (χ3n) is 2.14. The third-order valence-corrected chi connectivity index (χ3v) is 2.14. The third kappa shape index (κ3) is 1.25. The van der Waals surface area contributed by atoms with Gasteiger partial charge in [-0.15, -0.1) is 0 Å². The molecule has 0 aliphatic heterocycles. The van der Waals surface area contributed by atoms with Crippen molar-refractivity contribution in [2.75, 3.05) is 7.11 Å². The van der Waals surface area contributed by atoms with Crippen LogP contribution in [0.2, 0.25) is 0 Å². The number of H-pyrrole nitrogens is 1. The minimum absolute atomic E-state index is 0.142. The summed E-state index contributed by atoms with van der Waals surface area (Å²) in [6, 6.07) is 3.54. The Morgan fingerprint density at radius 3 is 2.93 bits per heavy atom. The first-order valence-electron chi connectivity index (χ1n) is 4.24. The molecule has 0 amide bonds. The van der Waals surface area contributed by atoms with E-state index in [1.54, 1.807) is 13.2 Å². The lowest BCUT2D eigenvalue weighted by Gasteiger charge is -2.03. The number of fused-ring (bicyclic) bond motifs is 1. The summed E-state index contributed by atoms with van der Waals surface area (Å²) < 4.78 is 5.08. The summed E-state index contributed by atoms with van der Waals surface area (Å²) >= 11 is 0. The number of aromatic nitrogens is 2. The lowest BCUT2D eigenvalue weighted by atomic mass is 10.1. The van der Waals surface area contributed by atoms with Crippen molar-refractivity contribution in [2.45, 2.75) is 6.92 Å². The quantitative estimate of drug-likeness (QED) is 0.736. The van der Waals surface area contributed by atoms with Gasteiger partial charge in [-0.1, -0.05) is 0 Å². The van der Waals surface area contributed by atoms with E-state index in [1.165, 1.54) is 6.33 Å². The first-order chi connectivity index (χ1) is 6.72. The minimum atomic E-state index is -0.142. The predicted octanol–water partition coefficient (Wildman–Crippen LogP) is 1.24. The van der Waals surface area contributed by atoms with Gasteiger partial charge in [-0.3, -0.25) is 4.79 Å². The van der Waals surface area contributed by atoms with Crippen LogP contribution in [-0.2, 0) is 0 Å². The van der Waals surface area contributed by atoms with Gasteiger partial charge in [0.15, 0.2) is 0 Å². The van der Waals surface area contributed by atoms with E-state index >= 15 is 0 Å². The lowest BCUT2D eigenvalue weighted by Crippen LogP contribution is -2.07. The molecule has 0 spiro atoms. The zero-order valence-corrected chi connectivity index (χ0v) is 8.00. The maximum Gasteiger partial charge on any atom is 0.258 e. The number of aryl methyl sites for hydroxylation is 1. The molecule has 14 heavy (non-hydrogen) atoms. The highest BCUT2D eigenvalue weighted by atomic mass is 16.5. The van der Waals surface area contributed by atoms with Crippen LogP contribution in [0.3, 0.4) is 0 Å². The molecule has 0 fully saturated rings. The van der Waals surface area contributed by atoms with Crippen LogP contribution in [0.1, 0.15) is 5.56 Å². The molecule has 0 saturated heterocycles. The van der Waals surface area contributed by atoms with Crippen LogP contribution in [0, 0.1) is 6.92 Å². The maximum atomic E-state index is 11.4. The van der Waals surface area contributed by atoms with Crippen LogP contribution in [0.15, 0.2) is 23.3 Å². The number of rotatable bonds is 1. The lowest BCUT2D eigenvalue weighted by molar-refractivity contribution is 0.415. The summed E-state index contributed by atoms with van der Waals surface area (Å²) in [6.45, 7) is 1.90. The molecule has 0 saturated carbocycles. The van der Waals surface area contributed by atoms with E-state index in [-0.39, 0.29) is 5.56 Å². The van der Waals surface area contributed by atoms with Gasteiger partial charge in [-0.05, 0) is 24.6 Å². The topological polar surface area (TPSA) is 55.0 Å². The van der Waals surface area contributed by atoms with Gasteiger partial charge in [0.2, 0.25) is 0 Å². The molecule has 1 N–H and O–H groups in total. The Morgan fingerprint density at radius 1 is 1.43 bits per heavy atom. The van der Waals surface area contributed by atoms with Crippen molar-refractivity contribution in [1.82, 2.24) is 9.97 Å². The Bertz CT molecular complexity index is 531. The predicted molar refractivity (Wildman–Crippen MR) is 53.7 cm³/mol. The Labute approximate surface area is 80.6 Å². The van der Waals surface area contributed by atoms with Gasteiger partial charge >= 0.3 is 0 Å². The molecule has 1 heterocycles. The average molecular weight is 190 g/mol. The number of nitrogens with one attached hydrogen (secondary N) is 1. The summed E-state index contributed by atoms with van der Waals surface area (Å²) in [7, 11) is 1.57. The van der Waals surface area contributed by atoms with Gasteiger partial charge < -0.3 is 9.72 Å². The van der Waals surface area contributed by atoms with Crippen molar-refractivity contribution in [1.29, 1.82) is 0 Å². The monoisotopic (exact) mass is 190 g/mol. The van der Waals surface area contributed by atoms with Gasteiger partial charge in [0.05, 0.1) is 24.3 Å². The molecular weight excluding hydrogens is 180 g/mol. The summed E-state index contributed by atoms with van der Waals surface area (Å²) in [6.07, 6.45) is 1.41. The molecule has 0 radical (unpaired) electrons. The van der Waals surface area contributed by atoms with Crippen LogP contribution < -0.4 is 10.3 Å². The molecule has 0 aliphatic rings. The fourth-order valence-electron chi connectivity index (χ4n) is 1.44. The molecular formula is C10H10N2O2. The first-order valence-corrected chi connectivity index (χ1v) is 4.24. The second kappa shape index (κ2) is 3.14. The van der Waals surface area contributed by atoms with Gasteiger partial charge in [-0.2, -0.15) is 0 Å². The Balaban J connectivity index is 2.91. The van der Waals surface area contributed by atoms with E-state index in [0.717, 1.165) is 11.1 Å². The normalized spacial score (nSPS) is 10.4. The highest BCUT2D eigenvalue weighted by Gasteiger charge is 2.04. The van der Waals surface area contributed by atoms with Gasteiger partial charge in [0, 0.05) is 0 Å². The van der Waals surface area contributed by atoms with Crippen molar-refractivity contribution in [3.05, 3.63) is 34.4 Å². The van der Waals surface area contributed by atoms with Crippen LogP contribution in [-0.4, -0.2) is 17.1 Å². The van der Waals surface area contributed by atoms with Gasteiger partial charge in [-0.25, -0.2) is 4.98 Å². The number of nitrogens with zero attached hydrogens (tertiary/aromatic N) is 1. The molecule has 0 bridgehead atoms. The number of methoxy groups -OCH3 is 1. The van der Waals surface area contributed by atoms with Crippen molar-refractivity contribution in [3.63, 3.8) is 0 Å². The van der Waals surface area contributed by atoms with Crippen molar-refractivity contribution in [3.8, 4) is 5.75 Å². The van der Waals surface area contributed by atoms with Gasteiger partial charge in [0.1, 0.15) is 5.75 Å². The molecule has 1 aromatic carbocycles. The fourth-order valence-corrected chi connectivity index (χ4v) is 1.44. The minimum Gasteiger partial charge on any atom is -0.497 e. The summed E-state index contributed by atoms with van der Waals surface area (Å²) in [4.78, 5) is 18.1. The molecule has 72 valence electrons. The average Bonchev–Trinajstić information content (AvgIpc) is 2.19.